The van der Waals surface area contributed by atoms with E-state index >= 15 is 0 Å². The summed E-state index contributed by atoms with van der Waals surface area (Å²) >= 11 is 3.43. The van der Waals surface area contributed by atoms with E-state index in [2.05, 4.69) is 64.3 Å². The molecule has 0 amide bonds. The fourth-order valence-electron chi connectivity index (χ4n) is 1.93. The fourth-order valence-corrected chi connectivity index (χ4v) is 2.20. The minimum absolute atomic E-state index is 0.00194. The van der Waals surface area contributed by atoms with Crippen molar-refractivity contribution in [2.45, 2.75) is 12.7 Å². The molecule has 1 heterocycles. The lowest BCUT2D eigenvalue weighted by molar-refractivity contribution is -0.0501. The molecule has 1 saturated heterocycles. The van der Waals surface area contributed by atoms with Gasteiger partial charge in [-0.3, -0.25) is 0 Å². The Kier molecular flexibility index (Phi) is 6.04. The Balaban J connectivity index is 1.67. The molecule has 0 aromatic heterocycles. The van der Waals surface area contributed by atoms with E-state index in [9.17, 15) is 0 Å². The van der Waals surface area contributed by atoms with Crippen molar-refractivity contribution in [2.24, 2.45) is 0 Å². The number of benzene rings is 1. The Labute approximate surface area is 123 Å². The van der Waals surface area contributed by atoms with Crippen molar-refractivity contribution in [1.29, 1.82) is 0 Å². The van der Waals surface area contributed by atoms with Gasteiger partial charge in [0.2, 0.25) is 0 Å². The molecule has 1 aromatic carbocycles. The van der Waals surface area contributed by atoms with Crippen LogP contribution in [0.4, 0.5) is 0 Å². The van der Waals surface area contributed by atoms with Gasteiger partial charge in [-0.1, -0.05) is 40.2 Å². The first-order chi connectivity index (χ1) is 9.24. The minimum atomic E-state index is -0.00194. The van der Waals surface area contributed by atoms with Crippen molar-refractivity contribution in [3.63, 3.8) is 0 Å². The van der Waals surface area contributed by atoms with Gasteiger partial charge >= 0.3 is 0 Å². The second-order valence-electron chi connectivity index (χ2n) is 4.68. The molecule has 0 bridgehead atoms. The summed E-state index contributed by atoms with van der Waals surface area (Å²) in [4.78, 5) is 2.26. The molecule has 0 N–H and O–H groups in total. The molecular weight excluding hydrogens is 306 g/mol. The molecular formula is C15H20BrNO2. The first kappa shape index (κ1) is 14.7. The van der Waals surface area contributed by atoms with E-state index in [1.807, 2.05) is 0 Å². The van der Waals surface area contributed by atoms with E-state index in [4.69, 9.17) is 9.47 Å². The van der Waals surface area contributed by atoms with Crippen LogP contribution in [0.3, 0.4) is 0 Å². The smallest absolute Gasteiger partial charge is 0.159 e. The van der Waals surface area contributed by atoms with Gasteiger partial charge < -0.3 is 14.4 Å². The second kappa shape index (κ2) is 7.80. The van der Waals surface area contributed by atoms with E-state index in [0.717, 1.165) is 37.2 Å². The summed E-state index contributed by atoms with van der Waals surface area (Å²) in [7, 11) is 2.11. The third-order valence-corrected chi connectivity index (χ3v) is 3.56. The maximum Gasteiger partial charge on any atom is 0.159 e. The maximum absolute atomic E-state index is 5.42. The summed E-state index contributed by atoms with van der Waals surface area (Å²) in [5.41, 5.74) is 1.22. The summed E-state index contributed by atoms with van der Waals surface area (Å²) in [6.45, 7) is 3.38. The summed E-state index contributed by atoms with van der Waals surface area (Å²) < 4.78 is 11.9. The molecule has 3 nitrogen and oxygen atoms in total. The van der Waals surface area contributed by atoms with Crippen molar-refractivity contribution in [1.82, 2.24) is 4.90 Å². The van der Waals surface area contributed by atoms with Gasteiger partial charge in [0, 0.05) is 24.0 Å². The van der Waals surface area contributed by atoms with E-state index in [-0.39, 0.29) is 6.29 Å². The summed E-state index contributed by atoms with van der Waals surface area (Å²) in [5.74, 6) is 0. The van der Waals surface area contributed by atoms with Crippen molar-refractivity contribution >= 4 is 22.0 Å². The molecule has 2 rings (SSSR count). The number of hydrogen-bond donors (Lipinski definition) is 0. The Morgan fingerprint density at radius 3 is 2.63 bits per heavy atom. The van der Waals surface area contributed by atoms with Crippen LogP contribution in [0.15, 0.2) is 34.8 Å². The van der Waals surface area contributed by atoms with Crippen LogP contribution in [0.2, 0.25) is 0 Å². The lowest BCUT2D eigenvalue weighted by Crippen LogP contribution is -2.23. The normalized spacial score (nSPS) is 16.8. The molecule has 4 heteroatoms. The van der Waals surface area contributed by atoms with Crippen LogP contribution >= 0.6 is 15.9 Å². The van der Waals surface area contributed by atoms with Gasteiger partial charge in [0.05, 0.1) is 13.2 Å². The van der Waals surface area contributed by atoms with Gasteiger partial charge in [0.25, 0.3) is 0 Å². The van der Waals surface area contributed by atoms with Gasteiger partial charge in [-0.25, -0.2) is 0 Å². The second-order valence-corrected chi connectivity index (χ2v) is 5.59. The van der Waals surface area contributed by atoms with Gasteiger partial charge in [0.1, 0.15) is 0 Å². The molecule has 0 saturated carbocycles. The monoisotopic (exact) mass is 325 g/mol. The number of hydrogen-bond acceptors (Lipinski definition) is 3. The molecule has 1 aliphatic rings. The molecule has 0 aliphatic carbocycles. The zero-order chi connectivity index (χ0) is 13.5. The maximum atomic E-state index is 5.42. The summed E-state index contributed by atoms with van der Waals surface area (Å²) in [5, 5.41) is 0. The summed E-state index contributed by atoms with van der Waals surface area (Å²) in [6, 6.07) is 8.30. The average Bonchev–Trinajstić information content (AvgIpc) is 2.92. The fraction of sp³-hybridized carbons (Fsp3) is 0.467. The molecule has 0 atom stereocenters. The lowest BCUT2D eigenvalue weighted by atomic mass is 10.2. The van der Waals surface area contributed by atoms with Crippen LogP contribution in [0, 0.1) is 0 Å². The van der Waals surface area contributed by atoms with E-state index < -0.39 is 0 Å². The molecule has 0 unspecified atom stereocenters. The first-order valence-corrected chi connectivity index (χ1v) is 7.37. The van der Waals surface area contributed by atoms with Crippen LogP contribution in [-0.4, -0.2) is 44.5 Å². The lowest BCUT2D eigenvalue weighted by Gasteiger charge is -2.16. The summed E-state index contributed by atoms with van der Waals surface area (Å²) in [6.07, 6.45) is 5.26. The zero-order valence-corrected chi connectivity index (χ0v) is 12.8. The van der Waals surface area contributed by atoms with Crippen LogP contribution in [0.1, 0.15) is 12.0 Å². The number of nitrogens with zero attached hydrogens (tertiary/aromatic N) is 1. The predicted molar refractivity (Wildman–Crippen MR) is 81.0 cm³/mol. The molecule has 1 fully saturated rings. The van der Waals surface area contributed by atoms with Crippen molar-refractivity contribution < 1.29 is 9.47 Å². The minimum Gasteiger partial charge on any atom is -0.350 e. The van der Waals surface area contributed by atoms with Crippen LogP contribution < -0.4 is 0 Å². The van der Waals surface area contributed by atoms with E-state index in [1.54, 1.807) is 0 Å². The van der Waals surface area contributed by atoms with Gasteiger partial charge in [0.15, 0.2) is 6.29 Å². The molecule has 0 radical (unpaired) electrons. The molecule has 104 valence electrons. The third kappa shape index (κ3) is 5.45. The Morgan fingerprint density at radius 1 is 1.26 bits per heavy atom. The van der Waals surface area contributed by atoms with Crippen LogP contribution in [0.5, 0.6) is 0 Å². The highest BCUT2D eigenvalue weighted by molar-refractivity contribution is 9.10. The highest BCUT2D eigenvalue weighted by Crippen LogP contribution is 2.11. The SMILES string of the molecule is CN(C/C=C/c1ccc(Br)cc1)CCC1OCCO1. The van der Waals surface area contributed by atoms with E-state index in [1.165, 1.54) is 5.56 Å². The van der Waals surface area contributed by atoms with Gasteiger partial charge in [-0.05, 0) is 24.7 Å². The largest absolute Gasteiger partial charge is 0.350 e. The highest BCUT2D eigenvalue weighted by Gasteiger charge is 2.15. The quantitative estimate of drug-likeness (QED) is 0.802. The molecule has 1 aromatic rings. The Morgan fingerprint density at radius 2 is 1.95 bits per heavy atom. The Hall–Kier alpha value is -0.680. The number of likely N-dealkylation sites (N-methyl/N-ethyl adjacent to an activating group) is 1. The predicted octanol–water partition coefficient (Wildman–Crippen LogP) is 3.16. The van der Waals surface area contributed by atoms with Crippen molar-refractivity contribution in [3.05, 3.63) is 40.4 Å². The van der Waals surface area contributed by atoms with Crippen molar-refractivity contribution in [3.8, 4) is 0 Å². The van der Waals surface area contributed by atoms with Crippen molar-refractivity contribution in [2.75, 3.05) is 33.4 Å². The molecule has 1 aliphatic heterocycles. The number of ether oxygens (including phenoxy) is 2. The number of rotatable bonds is 6. The van der Waals surface area contributed by atoms with Gasteiger partial charge in [-0.15, -0.1) is 0 Å². The standard InChI is InChI=1S/C15H20BrNO2/c1-17(10-8-15-18-11-12-19-15)9-2-3-13-4-6-14(16)7-5-13/h2-7,15H,8-12H2,1H3/b3-2+. The van der Waals surface area contributed by atoms with Crippen LogP contribution in [-0.2, 0) is 9.47 Å². The first-order valence-electron chi connectivity index (χ1n) is 6.58. The zero-order valence-electron chi connectivity index (χ0n) is 11.2. The Bertz CT molecular complexity index is 399. The molecule has 0 spiro atoms. The molecule has 19 heavy (non-hydrogen) atoms. The van der Waals surface area contributed by atoms with Crippen LogP contribution in [0.25, 0.3) is 6.08 Å². The topological polar surface area (TPSA) is 21.7 Å². The highest BCUT2D eigenvalue weighted by atomic mass is 79.9. The number of halogens is 1. The van der Waals surface area contributed by atoms with Gasteiger partial charge in [-0.2, -0.15) is 0 Å². The third-order valence-electron chi connectivity index (χ3n) is 3.03. The van der Waals surface area contributed by atoms with E-state index in [0.29, 0.717) is 0 Å². The average molecular weight is 326 g/mol.